The first-order valence-corrected chi connectivity index (χ1v) is 4.16. The molecule has 0 fully saturated rings. The van der Waals surface area contributed by atoms with Crippen LogP contribution in [0, 0.1) is 6.92 Å². The van der Waals surface area contributed by atoms with Crippen LogP contribution in [0.4, 0.5) is 0 Å². The van der Waals surface area contributed by atoms with Gasteiger partial charge in [-0.25, -0.2) is 0 Å². The Labute approximate surface area is 81.5 Å². The highest BCUT2D eigenvalue weighted by molar-refractivity contribution is 7.78. The molecule has 13 heavy (non-hydrogen) atoms. The van der Waals surface area contributed by atoms with Crippen molar-refractivity contribution in [2.45, 2.75) is 6.92 Å². The number of rotatable bonds is 2. The Kier molecular flexibility index (Phi) is 3.40. The Balaban J connectivity index is 2.83. The van der Waals surface area contributed by atoms with Gasteiger partial charge in [0.25, 0.3) is 5.91 Å². The molecule has 0 aliphatic rings. The SMILES string of the molecule is Cc1ccc(C(=O)N=NC=S)cc1. The highest BCUT2D eigenvalue weighted by Gasteiger charge is 2.01. The van der Waals surface area contributed by atoms with E-state index in [0.29, 0.717) is 5.56 Å². The van der Waals surface area contributed by atoms with Crippen molar-refractivity contribution in [1.29, 1.82) is 0 Å². The fourth-order valence-corrected chi connectivity index (χ4v) is 0.877. The summed E-state index contributed by atoms with van der Waals surface area (Å²) < 4.78 is 0. The van der Waals surface area contributed by atoms with E-state index in [1.54, 1.807) is 12.1 Å². The number of benzene rings is 1. The van der Waals surface area contributed by atoms with Crippen LogP contribution in [0.5, 0.6) is 0 Å². The monoisotopic (exact) mass is 192 g/mol. The van der Waals surface area contributed by atoms with Gasteiger partial charge in [0.15, 0.2) is 0 Å². The van der Waals surface area contributed by atoms with E-state index in [1.807, 2.05) is 19.1 Å². The first-order valence-electron chi connectivity index (χ1n) is 3.69. The molecule has 0 spiro atoms. The third-order valence-electron chi connectivity index (χ3n) is 1.49. The van der Waals surface area contributed by atoms with Gasteiger partial charge < -0.3 is 0 Å². The summed E-state index contributed by atoms with van der Waals surface area (Å²) in [6.45, 7) is 1.95. The second-order valence-electron chi connectivity index (χ2n) is 2.49. The molecule has 1 rings (SSSR count). The second-order valence-corrected chi connectivity index (χ2v) is 2.70. The third-order valence-corrected chi connectivity index (χ3v) is 1.59. The number of carbonyl (C=O) groups excluding carboxylic acids is 1. The molecule has 0 atom stereocenters. The summed E-state index contributed by atoms with van der Waals surface area (Å²) in [4.78, 5) is 11.2. The summed E-state index contributed by atoms with van der Waals surface area (Å²) in [5.74, 6) is -0.374. The molecule has 1 amide bonds. The van der Waals surface area contributed by atoms with E-state index < -0.39 is 0 Å². The van der Waals surface area contributed by atoms with Gasteiger partial charge in [-0.05, 0) is 19.1 Å². The first kappa shape index (κ1) is 9.67. The summed E-state index contributed by atoms with van der Waals surface area (Å²) in [5.41, 5.74) is 2.68. The molecule has 0 aliphatic heterocycles. The molecular weight excluding hydrogens is 184 g/mol. The van der Waals surface area contributed by atoms with Gasteiger partial charge >= 0.3 is 0 Å². The van der Waals surface area contributed by atoms with Crippen LogP contribution in [0.2, 0.25) is 0 Å². The minimum absolute atomic E-state index is 0.374. The van der Waals surface area contributed by atoms with Gasteiger partial charge in [0, 0.05) is 5.56 Å². The number of nitrogens with zero attached hydrogens (tertiary/aromatic N) is 2. The zero-order valence-electron chi connectivity index (χ0n) is 7.10. The molecule has 3 nitrogen and oxygen atoms in total. The van der Waals surface area contributed by atoms with Crippen molar-refractivity contribution in [1.82, 2.24) is 0 Å². The number of hydrogen-bond donors (Lipinski definition) is 0. The molecule has 0 unspecified atom stereocenters. The smallest absolute Gasteiger partial charge is 0.265 e. The van der Waals surface area contributed by atoms with Crippen molar-refractivity contribution in [3.05, 3.63) is 35.4 Å². The van der Waals surface area contributed by atoms with Gasteiger partial charge in [-0.15, -0.1) is 10.2 Å². The zero-order valence-corrected chi connectivity index (χ0v) is 7.91. The normalized spacial score (nSPS) is 10.2. The third kappa shape index (κ3) is 2.83. The summed E-state index contributed by atoms with van der Waals surface area (Å²) in [7, 11) is 0. The number of aryl methyl sites for hydroxylation is 1. The molecule has 0 saturated carbocycles. The van der Waals surface area contributed by atoms with Crippen LogP contribution in [-0.2, 0) is 0 Å². The van der Waals surface area contributed by atoms with Crippen LogP contribution in [0.25, 0.3) is 0 Å². The van der Waals surface area contributed by atoms with Gasteiger partial charge in [0.1, 0.15) is 5.49 Å². The number of carbonyl (C=O) groups is 1. The van der Waals surface area contributed by atoms with Gasteiger partial charge in [-0.1, -0.05) is 29.9 Å². The number of amides is 1. The quantitative estimate of drug-likeness (QED) is 0.533. The van der Waals surface area contributed by atoms with Gasteiger partial charge in [-0.3, -0.25) is 4.79 Å². The predicted octanol–water partition coefficient (Wildman–Crippen LogP) is 2.54. The van der Waals surface area contributed by atoms with Crippen molar-refractivity contribution in [3.63, 3.8) is 0 Å². The fourth-order valence-electron chi connectivity index (χ4n) is 0.830. The van der Waals surface area contributed by atoms with Crippen LogP contribution in [0.15, 0.2) is 34.5 Å². The minimum atomic E-state index is -0.374. The van der Waals surface area contributed by atoms with Crippen LogP contribution >= 0.6 is 12.2 Å². The Hall–Kier alpha value is -1.42. The molecular formula is C9H8N2OS. The summed E-state index contributed by atoms with van der Waals surface area (Å²) >= 11 is 4.40. The second kappa shape index (κ2) is 4.57. The van der Waals surface area contributed by atoms with E-state index in [-0.39, 0.29) is 5.91 Å². The maximum atomic E-state index is 11.2. The maximum Gasteiger partial charge on any atom is 0.295 e. The lowest BCUT2D eigenvalue weighted by Gasteiger charge is -1.93. The Bertz CT molecular complexity index is 343. The topological polar surface area (TPSA) is 41.8 Å². The lowest BCUT2D eigenvalue weighted by atomic mass is 10.1. The number of thiocarbonyl (C=S) groups is 1. The highest BCUT2D eigenvalue weighted by Crippen LogP contribution is 2.04. The molecule has 1 aromatic rings. The van der Waals surface area contributed by atoms with E-state index in [2.05, 4.69) is 22.4 Å². The average Bonchev–Trinajstić information content (AvgIpc) is 2.15. The number of azo groups is 1. The molecule has 0 saturated heterocycles. The van der Waals surface area contributed by atoms with Crippen LogP contribution in [0.1, 0.15) is 15.9 Å². The van der Waals surface area contributed by atoms with Gasteiger partial charge in [-0.2, -0.15) is 0 Å². The summed E-state index contributed by atoms with van der Waals surface area (Å²) in [6.07, 6.45) is 0. The molecule has 1 aromatic carbocycles. The molecule has 0 radical (unpaired) electrons. The average molecular weight is 192 g/mol. The Morgan fingerprint density at radius 1 is 1.38 bits per heavy atom. The first-order chi connectivity index (χ1) is 6.24. The molecule has 66 valence electrons. The molecule has 0 aliphatic carbocycles. The van der Waals surface area contributed by atoms with E-state index in [1.165, 1.54) is 0 Å². The van der Waals surface area contributed by atoms with Crippen molar-refractivity contribution >= 4 is 23.6 Å². The van der Waals surface area contributed by atoms with Crippen LogP contribution < -0.4 is 0 Å². The van der Waals surface area contributed by atoms with Gasteiger partial charge in [0.2, 0.25) is 0 Å². The summed E-state index contributed by atoms with van der Waals surface area (Å²) in [5, 5.41) is 6.70. The summed E-state index contributed by atoms with van der Waals surface area (Å²) in [6, 6.07) is 7.11. The Morgan fingerprint density at radius 2 is 2.00 bits per heavy atom. The van der Waals surface area contributed by atoms with E-state index >= 15 is 0 Å². The van der Waals surface area contributed by atoms with Crippen LogP contribution in [-0.4, -0.2) is 11.4 Å². The molecule has 4 heteroatoms. The largest absolute Gasteiger partial charge is 0.295 e. The van der Waals surface area contributed by atoms with E-state index in [9.17, 15) is 4.79 Å². The van der Waals surface area contributed by atoms with E-state index in [0.717, 1.165) is 11.1 Å². The zero-order chi connectivity index (χ0) is 9.68. The highest BCUT2D eigenvalue weighted by atomic mass is 32.1. The van der Waals surface area contributed by atoms with Crippen molar-refractivity contribution < 1.29 is 4.79 Å². The molecule has 0 heterocycles. The minimum Gasteiger partial charge on any atom is -0.265 e. The van der Waals surface area contributed by atoms with Crippen molar-refractivity contribution in [3.8, 4) is 0 Å². The van der Waals surface area contributed by atoms with Crippen molar-refractivity contribution in [2.75, 3.05) is 0 Å². The van der Waals surface area contributed by atoms with Crippen LogP contribution in [0.3, 0.4) is 0 Å². The molecule has 0 bridgehead atoms. The van der Waals surface area contributed by atoms with Crippen molar-refractivity contribution in [2.24, 2.45) is 10.2 Å². The molecule has 0 aromatic heterocycles. The predicted molar refractivity (Wildman–Crippen MR) is 54.0 cm³/mol. The van der Waals surface area contributed by atoms with E-state index in [4.69, 9.17) is 0 Å². The fraction of sp³-hybridized carbons (Fsp3) is 0.111. The lowest BCUT2D eigenvalue weighted by Crippen LogP contribution is -1.93. The lowest BCUT2D eigenvalue weighted by molar-refractivity contribution is 0.0995. The maximum absolute atomic E-state index is 11.2. The Morgan fingerprint density at radius 3 is 2.54 bits per heavy atom. The number of hydrogen-bond acceptors (Lipinski definition) is 2. The molecule has 0 N–H and O–H groups in total. The van der Waals surface area contributed by atoms with Gasteiger partial charge in [0.05, 0.1) is 0 Å². The standard InChI is InChI=1S/C9H8N2OS/c1-7-2-4-8(5-3-7)9(12)11-10-6-13/h2-6H,1H3.